The Morgan fingerprint density at radius 2 is 2.20 bits per heavy atom. The summed E-state index contributed by atoms with van der Waals surface area (Å²) in [5.74, 6) is -0.603. The van der Waals surface area contributed by atoms with Gasteiger partial charge in [-0.2, -0.15) is 12.6 Å². The van der Waals surface area contributed by atoms with E-state index in [-0.39, 0.29) is 24.9 Å². The van der Waals surface area contributed by atoms with Crippen LogP contribution in [-0.4, -0.2) is 48.0 Å². The van der Waals surface area contributed by atoms with E-state index < -0.39 is 11.9 Å². The first-order chi connectivity index (χ1) is 7.06. The quantitative estimate of drug-likeness (QED) is 0.375. The van der Waals surface area contributed by atoms with Crippen molar-refractivity contribution in [3.63, 3.8) is 0 Å². The third-order valence-corrected chi connectivity index (χ3v) is 2.02. The number of amides is 2. The zero-order valence-corrected chi connectivity index (χ0v) is 9.29. The molecule has 0 rings (SSSR count). The first kappa shape index (κ1) is 13.9. The summed E-state index contributed by atoms with van der Waals surface area (Å²) in [6.07, 6.45) is 1.66. The molecule has 85 valence electrons. The van der Waals surface area contributed by atoms with Crippen LogP contribution in [0.3, 0.4) is 0 Å². The molecular formula is C8H14N3O3S. The molecule has 0 aliphatic heterocycles. The van der Waals surface area contributed by atoms with Crippen LogP contribution in [0.15, 0.2) is 0 Å². The van der Waals surface area contributed by atoms with Crippen molar-refractivity contribution in [3.8, 4) is 0 Å². The third-order valence-electron chi connectivity index (χ3n) is 1.68. The van der Waals surface area contributed by atoms with Crippen molar-refractivity contribution in [2.75, 3.05) is 19.0 Å². The Bertz CT molecular complexity index is 247. The molecule has 0 heterocycles. The fourth-order valence-corrected chi connectivity index (χ4v) is 1.16. The molecule has 0 unspecified atom stereocenters. The summed E-state index contributed by atoms with van der Waals surface area (Å²) in [5, 5.41) is 2.41. The van der Waals surface area contributed by atoms with E-state index in [4.69, 9.17) is 5.73 Å². The van der Waals surface area contributed by atoms with Gasteiger partial charge in [0.15, 0.2) is 0 Å². The van der Waals surface area contributed by atoms with Crippen LogP contribution in [0.5, 0.6) is 0 Å². The predicted octanol–water partition coefficient (Wildman–Crippen LogP) is -1.72. The maximum absolute atomic E-state index is 11.3. The van der Waals surface area contributed by atoms with E-state index in [2.05, 4.69) is 17.9 Å². The number of nitrogens with zero attached hydrogens (tertiary/aromatic N) is 1. The monoisotopic (exact) mass is 232 g/mol. The number of carbonyl (C=O) groups is 2. The summed E-state index contributed by atoms with van der Waals surface area (Å²) in [4.78, 5) is 33.6. The van der Waals surface area contributed by atoms with Gasteiger partial charge in [0.1, 0.15) is 6.04 Å². The summed E-state index contributed by atoms with van der Waals surface area (Å²) < 4.78 is 0. The van der Waals surface area contributed by atoms with E-state index in [0.29, 0.717) is 0 Å². The van der Waals surface area contributed by atoms with Gasteiger partial charge in [0.05, 0.1) is 13.2 Å². The zero-order valence-electron chi connectivity index (χ0n) is 8.40. The maximum atomic E-state index is 11.3. The van der Waals surface area contributed by atoms with E-state index in [1.807, 2.05) is 0 Å². The first-order valence-corrected chi connectivity index (χ1v) is 4.92. The minimum atomic E-state index is -0.795. The van der Waals surface area contributed by atoms with Gasteiger partial charge in [0.25, 0.3) is 0 Å². The largest absolute Gasteiger partial charge is 0.339 e. The van der Waals surface area contributed by atoms with E-state index in [0.717, 1.165) is 4.90 Å². The van der Waals surface area contributed by atoms with Gasteiger partial charge in [-0.1, -0.05) is 0 Å². The van der Waals surface area contributed by atoms with Crippen molar-refractivity contribution in [2.24, 2.45) is 5.73 Å². The van der Waals surface area contributed by atoms with Crippen molar-refractivity contribution in [1.29, 1.82) is 0 Å². The van der Waals surface area contributed by atoms with Crippen LogP contribution in [-0.2, 0) is 14.4 Å². The Labute approximate surface area is 93.6 Å². The van der Waals surface area contributed by atoms with Crippen LogP contribution >= 0.6 is 12.6 Å². The normalized spacial score (nSPS) is 11.7. The van der Waals surface area contributed by atoms with Gasteiger partial charge in [-0.3, -0.25) is 14.4 Å². The fraction of sp³-hybridized carbons (Fsp3) is 0.625. The second-order valence-corrected chi connectivity index (χ2v) is 3.14. The number of rotatable bonds is 6. The molecule has 0 saturated carbocycles. The number of nitrogens with one attached hydrogen (secondary N) is 1. The average Bonchev–Trinajstić information content (AvgIpc) is 2.22. The highest BCUT2D eigenvalue weighted by Crippen LogP contribution is 1.98. The lowest BCUT2D eigenvalue weighted by Gasteiger charge is -2.26. The summed E-state index contributed by atoms with van der Waals surface area (Å²) in [7, 11) is 0. The standard InChI is InChI=1S/C8H14N3O3S/c1-6(13)10-5-11(8(14)2-9)7(3-12)4-15/h7,15H,2,4-5,9H2,1H3,(H,10,13)/t7-/m0/s1. The smallest absolute Gasteiger partial charge is 0.238 e. The van der Waals surface area contributed by atoms with E-state index in [1.54, 1.807) is 6.29 Å². The molecule has 0 saturated heterocycles. The minimum absolute atomic E-state index is 0.0637. The molecule has 15 heavy (non-hydrogen) atoms. The highest BCUT2D eigenvalue weighted by molar-refractivity contribution is 7.80. The molecule has 2 amide bonds. The molecular weight excluding hydrogens is 218 g/mol. The lowest BCUT2D eigenvalue weighted by molar-refractivity contribution is -0.131. The Kier molecular flexibility index (Phi) is 6.72. The number of thiol groups is 1. The van der Waals surface area contributed by atoms with E-state index in [1.165, 1.54) is 6.92 Å². The van der Waals surface area contributed by atoms with Gasteiger partial charge in [0.2, 0.25) is 18.1 Å². The van der Waals surface area contributed by atoms with Crippen molar-refractivity contribution in [1.82, 2.24) is 10.2 Å². The number of nitrogens with two attached hydrogens (primary N) is 1. The zero-order chi connectivity index (χ0) is 11.8. The van der Waals surface area contributed by atoms with Crippen LogP contribution in [0.2, 0.25) is 0 Å². The van der Waals surface area contributed by atoms with E-state index >= 15 is 0 Å². The third kappa shape index (κ3) is 4.80. The predicted molar refractivity (Wildman–Crippen MR) is 57.9 cm³/mol. The number of hydrogen-bond donors (Lipinski definition) is 3. The topological polar surface area (TPSA) is 92.5 Å². The Balaban J connectivity index is 4.48. The maximum Gasteiger partial charge on any atom is 0.238 e. The van der Waals surface area contributed by atoms with Crippen LogP contribution in [0.1, 0.15) is 6.92 Å². The molecule has 3 N–H and O–H groups in total. The fourth-order valence-electron chi connectivity index (χ4n) is 0.885. The SMILES string of the molecule is CC(=O)NCN(C(=O)CN)[C@@H]([C]=O)CS. The molecule has 0 fully saturated rings. The van der Waals surface area contributed by atoms with Gasteiger partial charge < -0.3 is 16.0 Å². The highest BCUT2D eigenvalue weighted by atomic mass is 32.1. The van der Waals surface area contributed by atoms with Gasteiger partial charge in [-0.05, 0) is 0 Å². The van der Waals surface area contributed by atoms with Crippen LogP contribution in [0.25, 0.3) is 0 Å². The molecule has 1 atom stereocenters. The average molecular weight is 232 g/mol. The van der Waals surface area contributed by atoms with Gasteiger partial charge in [-0.15, -0.1) is 0 Å². The first-order valence-electron chi connectivity index (χ1n) is 4.29. The Morgan fingerprint density at radius 3 is 2.53 bits per heavy atom. The van der Waals surface area contributed by atoms with Crippen molar-refractivity contribution in [3.05, 3.63) is 0 Å². The summed E-state index contributed by atoms with van der Waals surface area (Å²) in [5.41, 5.74) is 5.17. The van der Waals surface area contributed by atoms with Crippen LogP contribution in [0, 0.1) is 0 Å². The van der Waals surface area contributed by atoms with Gasteiger partial charge >= 0.3 is 0 Å². The minimum Gasteiger partial charge on any atom is -0.339 e. The lowest BCUT2D eigenvalue weighted by atomic mass is 10.3. The molecule has 0 aliphatic rings. The summed E-state index contributed by atoms with van der Waals surface area (Å²) in [6, 6.07) is -0.795. The second kappa shape index (κ2) is 7.24. The second-order valence-electron chi connectivity index (χ2n) is 2.77. The molecule has 6 nitrogen and oxygen atoms in total. The summed E-state index contributed by atoms with van der Waals surface area (Å²) in [6.45, 7) is 1.02. The molecule has 0 aromatic rings. The molecule has 0 spiro atoms. The van der Waals surface area contributed by atoms with Gasteiger partial charge in [-0.25, -0.2) is 0 Å². The van der Waals surface area contributed by atoms with Crippen LogP contribution < -0.4 is 11.1 Å². The van der Waals surface area contributed by atoms with E-state index in [9.17, 15) is 14.4 Å². The highest BCUT2D eigenvalue weighted by Gasteiger charge is 2.21. The molecule has 0 aromatic heterocycles. The lowest BCUT2D eigenvalue weighted by Crippen LogP contribution is -2.50. The van der Waals surface area contributed by atoms with Crippen LogP contribution in [0.4, 0.5) is 0 Å². The molecule has 0 aromatic carbocycles. The van der Waals surface area contributed by atoms with Crippen molar-refractivity contribution >= 4 is 30.7 Å². The molecule has 0 bridgehead atoms. The summed E-state index contributed by atoms with van der Waals surface area (Å²) >= 11 is 3.90. The Hall–Kier alpha value is -1.08. The molecule has 1 radical (unpaired) electrons. The van der Waals surface area contributed by atoms with Crippen molar-refractivity contribution < 1.29 is 14.4 Å². The molecule has 7 heteroatoms. The number of hydrogen-bond acceptors (Lipinski definition) is 5. The number of carbonyl (C=O) groups excluding carboxylic acids is 3. The Morgan fingerprint density at radius 1 is 1.60 bits per heavy atom. The molecule has 0 aliphatic carbocycles. The van der Waals surface area contributed by atoms with Gasteiger partial charge in [0, 0.05) is 12.7 Å². The van der Waals surface area contributed by atoms with Crippen molar-refractivity contribution in [2.45, 2.75) is 13.0 Å².